The Labute approximate surface area is 138 Å². The number of anilines is 1. The second-order valence-electron chi connectivity index (χ2n) is 4.90. The number of benzene rings is 1. The zero-order valence-corrected chi connectivity index (χ0v) is 13.1. The third-order valence-electron chi connectivity index (χ3n) is 3.13. The summed E-state index contributed by atoms with van der Waals surface area (Å²) in [5.41, 5.74) is 1.32. The zero-order valence-electron chi connectivity index (χ0n) is 13.1. The van der Waals surface area contributed by atoms with Crippen LogP contribution in [0.5, 0.6) is 5.88 Å². The highest BCUT2D eigenvalue weighted by Crippen LogP contribution is 2.26. The van der Waals surface area contributed by atoms with Crippen molar-refractivity contribution >= 4 is 11.6 Å². The molecule has 0 saturated carbocycles. The van der Waals surface area contributed by atoms with Crippen LogP contribution >= 0.6 is 0 Å². The van der Waals surface area contributed by atoms with Crippen molar-refractivity contribution < 1.29 is 14.1 Å². The molecule has 0 aliphatic rings. The first-order valence-corrected chi connectivity index (χ1v) is 7.52. The maximum atomic E-state index is 12.0. The van der Waals surface area contributed by atoms with Crippen LogP contribution < -0.4 is 10.1 Å². The number of ether oxygens (including phenoxy) is 1. The molecule has 7 nitrogen and oxygen atoms in total. The number of aromatic nitrogens is 3. The molecule has 3 aromatic rings. The Hall–Kier alpha value is -3.22. The van der Waals surface area contributed by atoms with E-state index in [1.54, 1.807) is 18.3 Å². The number of para-hydroxylation sites is 1. The third kappa shape index (κ3) is 3.75. The number of nitrogens with zero attached hydrogens (tertiary/aromatic N) is 3. The summed E-state index contributed by atoms with van der Waals surface area (Å²) in [5.74, 6) is 0.771. The fourth-order valence-electron chi connectivity index (χ4n) is 2.11. The molecule has 7 heteroatoms. The van der Waals surface area contributed by atoms with E-state index in [2.05, 4.69) is 20.4 Å². The molecule has 0 unspecified atom stereocenters. The van der Waals surface area contributed by atoms with E-state index in [0.29, 0.717) is 23.9 Å². The molecular formula is C17H16N4O3. The number of carbonyl (C=O) groups is 1. The summed E-state index contributed by atoms with van der Waals surface area (Å²) in [6, 6.07) is 12.7. The van der Waals surface area contributed by atoms with Gasteiger partial charge < -0.3 is 14.6 Å². The zero-order chi connectivity index (χ0) is 16.8. The van der Waals surface area contributed by atoms with Crippen molar-refractivity contribution in [1.82, 2.24) is 15.1 Å². The van der Waals surface area contributed by atoms with Crippen molar-refractivity contribution in [1.29, 1.82) is 0 Å². The molecule has 0 atom stereocenters. The van der Waals surface area contributed by atoms with Gasteiger partial charge in [-0.3, -0.25) is 4.79 Å². The SMILES string of the molecule is CCOc1ncccc1-c1nc(CC(=O)Nc2ccccc2)no1. The number of nitrogens with one attached hydrogen (secondary N) is 1. The Bertz CT molecular complexity index is 817. The second-order valence-corrected chi connectivity index (χ2v) is 4.90. The minimum absolute atomic E-state index is 0.0165. The van der Waals surface area contributed by atoms with E-state index in [-0.39, 0.29) is 18.2 Å². The molecule has 1 N–H and O–H groups in total. The lowest BCUT2D eigenvalue weighted by molar-refractivity contribution is -0.115. The van der Waals surface area contributed by atoms with Gasteiger partial charge in [0.25, 0.3) is 5.89 Å². The van der Waals surface area contributed by atoms with Gasteiger partial charge in [0, 0.05) is 11.9 Å². The van der Waals surface area contributed by atoms with Crippen LogP contribution in [0, 0.1) is 0 Å². The van der Waals surface area contributed by atoms with Crippen molar-refractivity contribution in [3.05, 3.63) is 54.5 Å². The summed E-state index contributed by atoms with van der Waals surface area (Å²) in [6.07, 6.45) is 1.64. The topological polar surface area (TPSA) is 90.1 Å². The molecule has 1 aromatic carbocycles. The predicted octanol–water partition coefficient (Wildman–Crippen LogP) is 2.71. The van der Waals surface area contributed by atoms with Gasteiger partial charge in [-0.25, -0.2) is 4.98 Å². The second kappa shape index (κ2) is 7.36. The molecule has 122 valence electrons. The van der Waals surface area contributed by atoms with E-state index in [1.807, 2.05) is 37.3 Å². The van der Waals surface area contributed by atoms with Crippen molar-refractivity contribution in [3.8, 4) is 17.3 Å². The lowest BCUT2D eigenvalue weighted by atomic mass is 10.2. The van der Waals surface area contributed by atoms with Gasteiger partial charge >= 0.3 is 0 Å². The van der Waals surface area contributed by atoms with Crippen LogP contribution in [0.4, 0.5) is 5.69 Å². The average Bonchev–Trinajstić information content (AvgIpc) is 3.04. The Morgan fingerprint density at radius 1 is 1.21 bits per heavy atom. The Kier molecular flexibility index (Phi) is 4.81. The highest BCUT2D eigenvalue weighted by atomic mass is 16.5. The van der Waals surface area contributed by atoms with Crippen LogP contribution in [0.25, 0.3) is 11.5 Å². The number of amides is 1. The van der Waals surface area contributed by atoms with Gasteiger partial charge in [-0.15, -0.1) is 0 Å². The fourth-order valence-corrected chi connectivity index (χ4v) is 2.11. The number of carbonyl (C=O) groups excluding carboxylic acids is 1. The number of hydrogen-bond donors (Lipinski definition) is 1. The maximum Gasteiger partial charge on any atom is 0.263 e. The van der Waals surface area contributed by atoms with Crippen LogP contribution in [0.1, 0.15) is 12.7 Å². The van der Waals surface area contributed by atoms with Gasteiger partial charge in [0.05, 0.1) is 13.0 Å². The molecule has 0 bridgehead atoms. The van der Waals surface area contributed by atoms with Crippen molar-refractivity contribution in [2.24, 2.45) is 0 Å². The molecule has 0 saturated heterocycles. The van der Waals surface area contributed by atoms with Crippen LogP contribution in [-0.4, -0.2) is 27.6 Å². The lowest BCUT2D eigenvalue weighted by Crippen LogP contribution is -2.15. The number of rotatable bonds is 6. The molecule has 2 aromatic heterocycles. The quantitative estimate of drug-likeness (QED) is 0.750. The van der Waals surface area contributed by atoms with Crippen molar-refractivity contribution in [3.63, 3.8) is 0 Å². The Morgan fingerprint density at radius 3 is 2.83 bits per heavy atom. The lowest BCUT2D eigenvalue weighted by Gasteiger charge is -2.04. The summed E-state index contributed by atoms with van der Waals surface area (Å²) in [6.45, 7) is 2.34. The summed E-state index contributed by atoms with van der Waals surface area (Å²) in [4.78, 5) is 20.4. The molecule has 0 aliphatic carbocycles. The molecule has 2 heterocycles. The van der Waals surface area contributed by atoms with Gasteiger partial charge in [0.1, 0.15) is 5.56 Å². The minimum Gasteiger partial charge on any atom is -0.477 e. The molecule has 24 heavy (non-hydrogen) atoms. The van der Waals surface area contributed by atoms with E-state index in [9.17, 15) is 4.79 Å². The van der Waals surface area contributed by atoms with Gasteiger partial charge in [0.2, 0.25) is 11.8 Å². The monoisotopic (exact) mass is 324 g/mol. The van der Waals surface area contributed by atoms with E-state index in [0.717, 1.165) is 5.69 Å². The van der Waals surface area contributed by atoms with E-state index < -0.39 is 0 Å². The Morgan fingerprint density at radius 2 is 2.04 bits per heavy atom. The summed E-state index contributed by atoms with van der Waals surface area (Å²) >= 11 is 0. The van der Waals surface area contributed by atoms with E-state index >= 15 is 0 Å². The number of hydrogen-bond acceptors (Lipinski definition) is 6. The molecule has 0 spiro atoms. The number of pyridine rings is 1. The first-order chi connectivity index (χ1) is 11.8. The Balaban J connectivity index is 1.71. The molecule has 0 radical (unpaired) electrons. The maximum absolute atomic E-state index is 12.0. The van der Waals surface area contributed by atoms with Crippen molar-refractivity contribution in [2.75, 3.05) is 11.9 Å². The van der Waals surface area contributed by atoms with E-state index in [1.165, 1.54) is 0 Å². The largest absolute Gasteiger partial charge is 0.477 e. The van der Waals surface area contributed by atoms with Gasteiger partial charge in [-0.05, 0) is 31.2 Å². The van der Waals surface area contributed by atoms with Crippen molar-refractivity contribution in [2.45, 2.75) is 13.3 Å². The third-order valence-corrected chi connectivity index (χ3v) is 3.13. The van der Waals surface area contributed by atoms with Crippen LogP contribution in [0.2, 0.25) is 0 Å². The van der Waals surface area contributed by atoms with Crippen LogP contribution in [0.3, 0.4) is 0 Å². The molecule has 0 aliphatic heterocycles. The molecule has 0 fully saturated rings. The smallest absolute Gasteiger partial charge is 0.263 e. The highest BCUT2D eigenvalue weighted by Gasteiger charge is 2.16. The standard InChI is InChI=1S/C17H16N4O3/c1-2-23-16-13(9-6-10-18-16)17-20-14(21-24-17)11-15(22)19-12-7-4-3-5-8-12/h3-10H,2,11H2,1H3,(H,19,22). The van der Waals surface area contributed by atoms with E-state index in [4.69, 9.17) is 9.26 Å². The predicted molar refractivity (Wildman–Crippen MR) is 87.5 cm³/mol. The minimum atomic E-state index is -0.218. The molecule has 3 rings (SSSR count). The van der Waals surface area contributed by atoms with Crippen LogP contribution in [0.15, 0.2) is 53.2 Å². The van der Waals surface area contributed by atoms with Crippen LogP contribution in [-0.2, 0) is 11.2 Å². The van der Waals surface area contributed by atoms with Gasteiger partial charge in [-0.1, -0.05) is 23.4 Å². The fraction of sp³-hybridized carbons (Fsp3) is 0.176. The van der Waals surface area contributed by atoms with Gasteiger partial charge in [-0.2, -0.15) is 4.98 Å². The van der Waals surface area contributed by atoms with Gasteiger partial charge in [0.15, 0.2) is 5.82 Å². The summed E-state index contributed by atoms with van der Waals surface area (Å²) in [7, 11) is 0. The first-order valence-electron chi connectivity index (χ1n) is 7.52. The normalized spacial score (nSPS) is 10.4. The molecular weight excluding hydrogens is 308 g/mol. The first kappa shape index (κ1) is 15.7. The average molecular weight is 324 g/mol. The summed E-state index contributed by atoms with van der Waals surface area (Å²) in [5, 5.41) is 6.62. The summed E-state index contributed by atoms with van der Waals surface area (Å²) < 4.78 is 10.7. The molecule has 1 amide bonds. The highest BCUT2D eigenvalue weighted by molar-refractivity contribution is 5.91.